The highest BCUT2D eigenvalue weighted by Gasteiger charge is 2.23. The lowest BCUT2D eigenvalue weighted by Gasteiger charge is -2.22. The zero-order valence-corrected chi connectivity index (χ0v) is 17.1. The van der Waals surface area contributed by atoms with Gasteiger partial charge in [0, 0.05) is 23.4 Å². The van der Waals surface area contributed by atoms with E-state index in [-0.39, 0.29) is 5.91 Å². The third kappa shape index (κ3) is 5.18. The molecule has 3 heterocycles. The number of rotatable bonds is 7. The SMILES string of the molecule is CCCN(OCC)C(=O)C1=Cc2sc(CC3CCNCC3)cc2N=C(N)C1. The zero-order valence-electron chi connectivity index (χ0n) is 16.3. The summed E-state index contributed by atoms with van der Waals surface area (Å²) in [5.41, 5.74) is 7.65. The molecule has 2 aliphatic heterocycles. The number of nitrogens with zero attached hydrogens (tertiary/aromatic N) is 2. The molecule has 0 radical (unpaired) electrons. The summed E-state index contributed by atoms with van der Waals surface area (Å²) < 4.78 is 0. The average molecular weight is 391 g/mol. The molecule has 1 saturated heterocycles. The number of hydrogen-bond acceptors (Lipinski definition) is 6. The van der Waals surface area contributed by atoms with Crippen LogP contribution in [-0.4, -0.2) is 43.0 Å². The Morgan fingerprint density at radius 1 is 1.41 bits per heavy atom. The summed E-state index contributed by atoms with van der Waals surface area (Å²) in [7, 11) is 0. The summed E-state index contributed by atoms with van der Waals surface area (Å²) in [6.45, 7) is 7.15. The van der Waals surface area contributed by atoms with E-state index in [2.05, 4.69) is 16.4 Å². The van der Waals surface area contributed by atoms with Crippen LogP contribution in [0.3, 0.4) is 0 Å². The molecule has 0 spiro atoms. The first-order valence-electron chi connectivity index (χ1n) is 9.92. The van der Waals surface area contributed by atoms with Crippen LogP contribution in [0.1, 0.15) is 49.3 Å². The van der Waals surface area contributed by atoms with E-state index in [0.717, 1.165) is 42.4 Å². The largest absolute Gasteiger partial charge is 0.387 e. The van der Waals surface area contributed by atoms with Gasteiger partial charge in [-0.15, -0.1) is 11.3 Å². The molecule has 2 aliphatic rings. The van der Waals surface area contributed by atoms with Gasteiger partial charge in [-0.1, -0.05) is 6.92 Å². The number of thiophene rings is 1. The summed E-state index contributed by atoms with van der Waals surface area (Å²) in [4.78, 5) is 25.4. The predicted molar refractivity (Wildman–Crippen MR) is 111 cm³/mol. The Labute approximate surface area is 165 Å². The fraction of sp³-hybridized carbons (Fsp3) is 0.600. The van der Waals surface area contributed by atoms with Gasteiger partial charge in [0.15, 0.2) is 0 Å². The minimum Gasteiger partial charge on any atom is -0.387 e. The first-order chi connectivity index (χ1) is 13.1. The number of amides is 1. The standard InChI is InChI=1S/C20H30N4O2S/c1-3-9-24(26-4-2)20(25)15-11-18-17(23-19(21)12-15)13-16(27-18)10-14-5-7-22-8-6-14/h11,13-14,22H,3-10,12H2,1-2H3,(H2,21,23). The number of hydroxylamine groups is 2. The van der Waals surface area contributed by atoms with Crippen molar-refractivity contribution in [2.45, 2.75) is 46.0 Å². The van der Waals surface area contributed by atoms with Gasteiger partial charge >= 0.3 is 0 Å². The summed E-state index contributed by atoms with van der Waals surface area (Å²) in [6.07, 6.45) is 6.66. The number of nitrogens with two attached hydrogens (primary N) is 1. The Hall–Kier alpha value is -1.70. The van der Waals surface area contributed by atoms with Gasteiger partial charge in [0.25, 0.3) is 5.91 Å². The fourth-order valence-electron chi connectivity index (χ4n) is 3.59. The molecule has 1 aromatic heterocycles. The maximum Gasteiger partial charge on any atom is 0.273 e. The predicted octanol–water partition coefficient (Wildman–Crippen LogP) is 3.26. The van der Waals surface area contributed by atoms with Crippen LogP contribution in [0.4, 0.5) is 5.69 Å². The second kappa shape index (κ2) is 9.48. The van der Waals surface area contributed by atoms with Crippen molar-refractivity contribution in [1.29, 1.82) is 0 Å². The van der Waals surface area contributed by atoms with Crippen LogP contribution in [0.2, 0.25) is 0 Å². The summed E-state index contributed by atoms with van der Waals surface area (Å²) in [5, 5.41) is 4.87. The lowest BCUT2D eigenvalue weighted by molar-refractivity contribution is -0.180. The Balaban J connectivity index is 1.81. The maximum atomic E-state index is 12.9. The van der Waals surface area contributed by atoms with E-state index in [1.165, 1.54) is 22.8 Å². The van der Waals surface area contributed by atoms with Crippen LogP contribution in [0.5, 0.6) is 0 Å². The molecule has 27 heavy (non-hydrogen) atoms. The number of fused-ring (bicyclic) bond motifs is 1. The third-order valence-electron chi connectivity index (χ3n) is 4.89. The number of nitrogens with one attached hydrogen (secondary N) is 1. The zero-order chi connectivity index (χ0) is 19.2. The van der Waals surface area contributed by atoms with Gasteiger partial charge in [0.05, 0.1) is 17.2 Å². The number of carbonyl (C=O) groups excluding carboxylic acids is 1. The molecule has 0 unspecified atom stereocenters. The quantitative estimate of drug-likeness (QED) is 0.701. The molecule has 0 saturated carbocycles. The molecular weight excluding hydrogens is 360 g/mol. The molecule has 0 aromatic carbocycles. The van der Waals surface area contributed by atoms with Gasteiger partial charge in [-0.05, 0) is 63.8 Å². The van der Waals surface area contributed by atoms with Gasteiger partial charge in [0.1, 0.15) is 5.84 Å². The monoisotopic (exact) mass is 390 g/mol. The van der Waals surface area contributed by atoms with Crippen molar-refractivity contribution in [3.8, 4) is 0 Å². The molecule has 7 heteroatoms. The van der Waals surface area contributed by atoms with Crippen molar-refractivity contribution < 1.29 is 9.63 Å². The molecule has 0 aliphatic carbocycles. The van der Waals surface area contributed by atoms with Crippen LogP contribution < -0.4 is 11.1 Å². The van der Waals surface area contributed by atoms with Gasteiger partial charge in [-0.2, -0.15) is 0 Å². The third-order valence-corrected chi connectivity index (χ3v) is 5.99. The van der Waals surface area contributed by atoms with Crippen LogP contribution in [0.15, 0.2) is 16.6 Å². The Morgan fingerprint density at radius 2 is 2.19 bits per heavy atom. The molecule has 1 fully saturated rings. The van der Waals surface area contributed by atoms with E-state index in [1.54, 1.807) is 11.3 Å². The van der Waals surface area contributed by atoms with Gasteiger partial charge in [-0.3, -0.25) is 9.63 Å². The number of amidine groups is 1. The Bertz CT molecular complexity index is 714. The van der Waals surface area contributed by atoms with Gasteiger partial charge in [0.2, 0.25) is 0 Å². The molecule has 3 N–H and O–H groups in total. The molecule has 148 valence electrons. The average Bonchev–Trinajstić information content (AvgIpc) is 2.94. The van der Waals surface area contributed by atoms with Crippen molar-refractivity contribution in [1.82, 2.24) is 10.4 Å². The van der Waals surface area contributed by atoms with Gasteiger partial charge in [-0.25, -0.2) is 10.1 Å². The minimum absolute atomic E-state index is 0.113. The van der Waals surface area contributed by atoms with Crippen LogP contribution >= 0.6 is 11.3 Å². The molecule has 6 nitrogen and oxygen atoms in total. The van der Waals surface area contributed by atoms with Crippen molar-refractivity contribution in [3.05, 3.63) is 21.4 Å². The number of piperidine rings is 1. The van der Waals surface area contributed by atoms with E-state index >= 15 is 0 Å². The Kier molecular flexibility index (Phi) is 7.04. The first-order valence-corrected chi connectivity index (χ1v) is 10.7. The first kappa shape index (κ1) is 20.0. The number of carbonyl (C=O) groups is 1. The van der Waals surface area contributed by atoms with Gasteiger partial charge < -0.3 is 11.1 Å². The molecule has 0 atom stereocenters. The van der Waals surface area contributed by atoms with E-state index in [4.69, 9.17) is 10.6 Å². The van der Waals surface area contributed by atoms with E-state index in [9.17, 15) is 4.79 Å². The molecule has 3 rings (SSSR count). The molecule has 1 aromatic rings. The van der Waals surface area contributed by atoms with Crippen LogP contribution in [0.25, 0.3) is 6.08 Å². The highest BCUT2D eigenvalue weighted by atomic mass is 32.1. The van der Waals surface area contributed by atoms with Crippen molar-refractivity contribution in [2.75, 3.05) is 26.2 Å². The summed E-state index contributed by atoms with van der Waals surface area (Å²) in [5.74, 6) is 1.09. The van der Waals surface area contributed by atoms with Crippen molar-refractivity contribution in [2.24, 2.45) is 16.6 Å². The smallest absolute Gasteiger partial charge is 0.273 e. The topological polar surface area (TPSA) is 80.0 Å². The Morgan fingerprint density at radius 3 is 2.89 bits per heavy atom. The lowest BCUT2D eigenvalue weighted by Crippen LogP contribution is -2.34. The highest BCUT2D eigenvalue weighted by molar-refractivity contribution is 7.13. The van der Waals surface area contributed by atoms with E-state index < -0.39 is 0 Å². The summed E-state index contributed by atoms with van der Waals surface area (Å²) in [6, 6.07) is 2.14. The number of hydrogen-bond donors (Lipinski definition) is 2. The minimum atomic E-state index is -0.113. The van der Waals surface area contributed by atoms with E-state index in [1.807, 2.05) is 19.9 Å². The molecular formula is C20H30N4O2S. The van der Waals surface area contributed by atoms with Crippen molar-refractivity contribution in [3.63, 3.8) is 0 Å². The second-order valence-corrected chi connectivity index (χ2v) is 8.30. The highest BCUT2D eigenvalue weighted by Crippen LogP contribution is 2.36. The second-order valence-electron chi connectivity index (χ2n) is 7.13. The normalized spacial score (nSPS) is 17.7. The maximum absolute atomic E-state index is 12.9. The van der Waals surface area contributed by atoms with Crippen molar-refractivity contribution >= 4 is 34.8 Å². The summed E-state index contributed by atoms with van der Waals surface area (Å²) >= 11 is 1.73. The number of aliphatic imine (C=N–C) groups is 1. The molecule has 1 amide bonds. The molecule has 0 bridgehead atoms. The fourth-order valence-corrected chi connectivity index (χ4v) is 4.77. The van der Waals surface area contributed by atoms with E-state index in [0.29, 0.717) is 31.0 Å². The lowest BCUT2D eigenvalue weighted by atomic mass is 9.94. The van der Waals surface area contributed by atoms with Crippen LogP contribution in [-0.2, 0) is 16.1 Å². The van der Waals surface area contributed by atoms with Crippen LogP contribution in [0, 0.1) is 5.92 Å².